The molecule has 0 spiro atoms. The van der Waals surface area contributed by atoms with Crippen LogP contribution >= 0.6 is 11.3 Å². The number of carbonyl (C=O) groups excluding carboxylic acids is 1. The van der Waals surface area contributed by atoms with Crippen molar-refractivity contribution in [2.75, 3.05) is 13.1 Å². The van der Waals surface area contributed by atoms with Crippen LogP contribution in [-0.2, 0) is 11.2 Å². The molecule has 2 rings (SSSR count). The molecule has 104 valence electrons. The van der Waals surface area contributed by atoms with Crippen molar-refractivity contribution in [2.24, 2.45) is 5.41 Å². The number of hydrogen-bond donors (Lipinski definition) is 3. The fourth-order valence-electron chi connectivity index (χ4n) is 2.14. The molecule has 0 atom stereocenters. The number of rotatable bonds is 6. The number of thiophene rings is 1. The van der Waals surface area contributed by atoms with E-state index >= 15 is 0 Å². The highest BCUT2D eigenvalue weighted by molar-refractivity contribution is 7.07. The lowest BCUT2D eigenvalue weighted by Gasteiger charge is -2.37. The highest BCUT2D eigenvalue weighted by Crippen LogP contribution is 2.40. The van der Waals surface area contributed by atoms with Gasteiger partial charge in [0.15, 0.2) is 0 Å². The lowest BCUT2D eigenvalue weighted by Crippen LogP contribution is -2.49. The number of aliphatic carboxylic acids is 1. The summed E-state index contributed by atoms with van der Waals surface area (Å²) in [5, 5.41) is 18.6. The largest absolute Gasteiger partial charge is 0.481 e. The van der Waals surface area contributed by atoms with E-state index in [-0.39, 0.29) is 12.6 Å². The van der Waals surface area contributed by atoms with Gasteiger partial charge in [-0.2, -0.15) is 11.3 Å². The van der Waals surface area contributed by atoms with Crippen LogP contribution < -0.4 is 10.6 Å². The van der Waals surface area contributed by atoms with Crippen LogP contribution in [0.2, 0.25) is 0 Å². The highest BCUT2D eigenvalue weighted by atomic mass is 32.1. The minimum atomic E-state index is -0.808. The number of carboxylic acids is 1. The summed E-state index contributed by atoms with van der Waals surface area (Å²) in [6, 6.07) is 1.74. The molecule has 1 aromatic heterocycles. The van der Waals surface area contributed by atoms with Gasteiger partial charge in [0.05, 0.1) is 5.41 Å². The van der Waals surface area contributed by atoms with Gasteiger partial charge in [-0.15, -0.1) is 0 Å². The fraction of sp³-hybridized carbons (Fsp3) is 0.538. The van der Waals surface area contributed by atoms with E-state index in [0.717, 1.165) is 12.8 Å². The first-order valence-electron chi connectivity index (χ1n) is 6.39. The smallest absolute Gasteiger partial charge is 0.314 e. The zero-order chi connectivity index (χ0) is 13.7. The average Bonchev–Trinajstić information content (AvgIpc) is 2.80. The second kappa shape index (κ2) is 6.06. The zero-order valence-corrected chi connectivity index (χ0v) is 11.5. The monoisotopic (exact) mass is 282 g/mol. The first kappa shape index (κ1) is 13.9. The lowest BCUT2D eigenvalue weighted by molar-refractivity contribution is -0.153. The molecule has 0 unspecified atom stereocenters. The summed E-state index contributed by atoms with van der Waals surface area (Å²) in [6.07, 6.45) is 3.02. The van der Waals surface area contributed by atoms with Crippen molar-refractivity contribution >= 4 is 23.3 Å². The predicted molar refractivity (Wildman–Crippen MR) is 73.3 cm³/mol. The number of nitrogens with one attached hydrogen (secondary N) is 2. The maximum Gasteiger partial charge on any atom is 0.314 e. The summed E-state index contributed by atoms with van der Waals surface area (Å²) in [7, 11) is 0. The minimum Gasteiger partial charge on any atom is -0.481 e. The maximum absolute atomic E-state index is 11.6. The fourth-order valence-corrected chi connectivity index (χ4v) is 2.84. The van der Waals surface area contributed by atoms with Gasteiger partial charge in [-0.25, -0.2) is 4.79 Å². The maximum atomic E-state index is 11.6. The molecule has 0 aromatic carbocycles. The molecule has 3 N–H and O–H groups in total. The Labute approximate surface area is 116 Å². The zero-order valence-electron chi connectivity index (χ0n) is 10.6. The van der Waals surface area contributed by atoms with Crippen molar-refractivity contribution in [1.82, 2.24) is 10.6 Å². The van der Waals surface area contributed by atoms with Crippen molar-refractivity contribution in [3.8, 4) is 0 Å². The second-order valence-corrected chi connectivity index (χ2v) is 5.71. The number of hydrogen-bond acceptors (Lipinski definition) is 3. The topological polar surface area (TPSA) is 78.4 Å². The van der Waals surface area contributed by atoms with Crippen molar-refractivity contribution < 1.29 is 14.7 Å². The molecule has 2 amide bonds. The Hall–Kier alpha value is -1.56. The van der Waals surface area contributed by atoms with E-state index in [1.54, 1.807) is 11.3 Å². The van der Waals surface area contributed by atoms with E-state index in [4.69, 9.17) is 5.11 Å². The molecular formula is C13H18N2O3S. The number of carboxylic acid groups (broad SMARTS) is 1. The standard InChI is InChI=1S/C13H18N2O3S/c16-11(17)13(4-1-5-13)9-15-12(18)14-6-2-10-3-7-19-8-10/h3,7-8H,1-2,4-6,9H2,(H,16,17)(H2,14,15,18). The molecule has 1 saturated carbocycles. The van der Waals surface area contributed by atoms with Gasteiger partial charge in [0.25, 0.3) is 0 Å². The van der Waals surface area contributed by atoms with Crippen LogP contribution in [0.25, 0.3) is 0 Å². The first-order valence-corrected chi connectivity index (χ1v) is 7.33. The van der Waals surface area contributed by atoms with Gasteiger partial charge >= 0.3 is 12.0 Å². The summed E-state index contributed by atoms with van der Waals surface area (Å²) in [5.41, 5.74) is 0.469. The van der Waals surface area contributed by atoms with Gasteiger partial charge < -0.3 is 15.7 Å². The van der Waals surface area contributed by atoms with Crippen LogP contribution in [0, 0.1) is 5.41 Å². The van der Waals surface area contributed by atoms with Crippen molar-refractivity contribution in [3.63, 3.8) is 0 Å². The Balaban J connectivity index is 1.66. The van der Waals surface area contributed by atoms with Crippen LogP contribution in [0.3, 0.4) is 0 Å². The van der Waals surface area contributed by atoms with Crippen LogP contribution in [0.15, 0.2) is 16.8 Å². The van der Waals surface area contributed by atoms with Crippen LogP contribution in [0.5, 0.6) is 0 Å². The molecule has 0 bridgehead atoms. The van der Waals surface area contributed by atoms with Crippen LogP contribution in [-0.4, -0.2) is 30.2 Å². The van der Waals surface area contributed by atoms with Gasteiger partial charge in [-0.05, 0) is 41.7 Å². The van der Waals surface area contributed by atoms with E-state index in [1.165, 1.54) is 5.56 Å². The molecule has 1 aliphatic carbocycles. The van der Waals surface area contributed by atoms with Crippen molar-refractivity contribution in [2.45, 2.75) is 25.7 Å². The lowest BCUT2D eigenvalue weighted by atomic mass is 9.69. The Bertz CT molecular complexity index is 441. The molecule has 6 heteroatoms. The van der Waals surface area contributed by atoms with Gasteiger partial charge in [0.1, 0.15) is 0 Å². The Morgan fingerprint density at radius 3 is 2.68 bits per heavy atom. The third-order valence-electron chi connectivity index (χ3n) is 3.63. The van der Waals surface area contributed by atoms with E-state index in [0.29, 0.717) is 19.4 Å². The third kappa shape index (κ3) is 3.47. The number of urea groups is 1. The first-order chi connectivity index (χ1) is 9.12. The molecule has 1 heterocycles. The highest BCUT2D eigenvalue weighted by Gasteiger charge is 2.44. The third-order valence-corrected chi connectivity index (χ3v) is 4.36. The average molecular weight is 282 g/mol. The number of amides is 2. The molecule has 1 aliphatic rings. The molecule has 5 nitrogen and oxygen atoms in total. The molecule has 1 aromatic rings. The predicted octanol–water partition coefficient (Wildman–Crippen LogP) is 1.84. The van der Waals surface area contributed by atoms with E-state index in [9.17, 15) is 9.59 Å². The molecular weight excluding hydrogens is 264 g/mol. The summed E-state index contributed by atoms with van der Waals surface area (Å²) >= 11 is 1.63. The summed E-state index contributed by atoms with van der Waals surface area (Å²) in [5.74, 6) is -0.808. The second-order valence-electron chi connectivity index (χ2n) is 4.93. The summed E-state index contributed by atoms with van der Waals surface area (Å²) in [4.78, 5) is 22.7. The Morgan fingerprint density at radius 1 is 1.37 bits per heavy atom. The Morgan fingerprint density at radius 2 is 2.16 bits per heavy atom. The molecule has 0 aliphatic heterocycles. The van der Waals surface area contributed by atoms with Crippen LogP contribution in [0.1, 0.15) is 24.8 Å². The Kier molecular flexibility index (Phi) is 4.42. The van der Waals surface area contributed by atoms with Gasteiger partial charge in [0.2, 0.25) is 0 Å². The normalized spacial score (nSPS) is 16.4. The van der Waals surface area contributed by atoms with E-state index < -0.39 is 11.4 Å². The molecule has 19 heavy (non-hydrogen) atoms. The van der Waals surface area contributed by atoms with Crippen molar-refractivity contribution in [1.29, 1.82) is 0 Å². The summed E-state index contributed by atoms with van der Waals surface area (Å²) in [6.45, 7) is 0.773. The molecule has 0 radical (unpaired) electrons. The van der Waals surface area contributed by atoms with Gasteiger partial charge in [0, 0.05) is 13.1 Å². The van der Waals surface area contributed by atoms with Crippen LogP contribution in [0.4, 0.5) is 4.79 Å². The SMILES string of the molecule is O=C(NCCc1ccsc1)NCC1(C(=O)O)CCC1. The molecule has 0 saturated heterocycles. The number of carbonyl (C=O) groups is 2. The van der Waals surface area contributed by atoms with Gasteiger partial charge in [-0.1, -0.05) is 6.42 Å². The van der Waals surface area contributed by atoms with E-state index in [1.807, 2.05) is 16.8 Å². The van der Waals surface area contributed by atoms with Gasteiger partial charge in [-0.3, -0.25) is 4.79 Å². The minimum absolute atomic E-state index is 0.215. The molecule has 1 fully saturated rings. The van der Waals surface area contributed by atoms with Crippen molar-refractivity contribution in [3.05, 3.63) is 22.4 Å². The van der Waals surface area contributed by atoms with E-state index in [2.05, 4.69) is 10.6 Å². The quantitative estimate of drug-likeness (QED) is 0.745. The summed E-state index contributed by atoms with van der Waals surface area (Å²) < 4.78 is 0.